The van der Waals surface area contributed by atoms with Crippen molar-refractivity contribution in [2.75, 3.05) is 0 Å². The van der Waals surface area contributed by atoms with Gasteiger partial charge in [-0.2, -0.15) is 0 Å². The average molecular weight is 359 g/mol. The minimum Gasteiger partial charge on any atom is -0.462 e. The van der Waals surface area contributed by atoms with E-state index >= 15 is 0 Å². The molecule has 3 saturated carbocycles. The first-order chi connectivity index (χ1) is 12.3. The smallest absolute Gasteiger partial charge is 0.302 e. The van der Waals surface area contributed by atoms with E-state index in [-0.39, 0.29) is 28.8 Å². The molecule has 0 radical (unpaired) electrons. The van der Waals surface area contributed by atoms with Gasteiger partial charge in [-0.25, -0.2) is 0 Å². The Balaban J connectivity index is 1.59. The third-order valence-electron chi connectivity index (χ3n) is 8.88. The number of ether oxygens (including phenoxy) is 1. The molecule has 0 spiro atoms. The van der Waals surface area contributed by atoms with Crippen molar-refractivity contribution >= 4 is 11.8 Å². The number of Topliss-reactive ketones (excluding diaryl/α,β-unsaturated/α-hetero) is 1. The maximum Gasteiger partial charge on any atom is 0.302 e. The first-order valence-corrected chi connectivity index (χ1v) is 10.6. The summed E-state index contributed by atoms with van der Waals surface area (Å²) in [7, 11) is 0. The van der Waals surface area contributed by atoms with E-state index in [9.17, 15) is 9.59 Å². The molecule has 3 heteroatoms. The molecular weight excluding hydrogens is 324 g/mol. The van der Waals surface area contributed by atoms with Crippen LogP contribution in [-0.2, 0) is 14.3 Å². The van der Waals surface area contributed by atoms with Crippen LogP contribution in [0.1, 0.15) is 79.1 Å². The van der Waals surface area contributed by atoms with Crippen LogP contribution in [0.25, 0.3) is 0 Å². The van der Waals surface area contributed by atoms with Gasteiger partial charge in [0.05, 0.1) is 0 Å². The van der Waals surface area contributed by atoms with Gasteiger partial charge in [-0.05, 0) is 80.5 Å². The van der Waals surface area contributed by atoms with E-state index in [1.54, 1.807) is 12.5 Å². The molecule has 4 aliphatic rings. The van der Waals surface area contributed by atoms with Crippen LogP contribution in [0.4, 0.5) is 0 Å². The Bertz CT molecular complexity index is 650. The molecule has 0 heterocycles. The number of esters is 1. The molecule has 0 aromatic heterocycles. The predicted octanol–water partition coefficient (Wildman–Crippen LogP) is 5.09. The lowest BCUT2D eigenvalue weighted by molar-refractivity contribution is -0.149. The summed E-state index contributed by atoms with van der Waals surface area (Å²) >= 11 is 0. The fraction of sp³-hybridized carbons (Fsp3) is 0.826. The normalized spacial score (nSPS) is 47.2. The van der Waals surface area contributed by atoms with Gasteiger partial charge in [-0.15, -0.1) is 0 Å². The Kier molecular flexibility index (Phi) is 4.36. The quantitative estimate of drug-likeness (QED) is 0.510. The summed E-state index contributed by atoms with van der Waals surface area (Å²) in [6.07, 6.45) is 11.6. The van der Waals surface area contributed by atoms with E-state index in [2.05, 4.69) is 19.9 Å². The average Bonchev–Trinajstić information content (AvgIpc) is 2.92. The molecule has 144 valence electrons. The number of carbonyl (C=O) groups is 2. The highest BCUT2D eigenvalue weighted by Crippen LogP contribution is 2.66. The summed E-state index contributed by atoms with van der Waals surface area (Å²) in [5.74, 6) is 2.72. The second kappa shape index (κ2) is 6.21. The van der Waals surface area contributed by atoms with Crippen molar-refractivity contribution in [1.82, 2.24) is 0 Å². The molecule has 0 N–H and O–H groups in total. The molecular formula is C23H34O3. The third-order valence-corrected chi connectivity index (χ3v) is 8.88. The van der Waals surface area contributed by atoms with Gasteiger partial charge in [0.15, 0.2) is 0 Å². The summed E-state index contributed by atoms with van der Waals surface area (Å²) in [4.78, 5) is 23.6. The van der Waals surface area contributed by atoms with Crippen molar-refractivity contribution < 1.29 is 14.3 Å². The zero-order valence-corrected chi connectivity index (χ0v) is 16.8. The van der Waals surface area contributed by atoms with Crippen molar-refractivity contribution in [3.8, 4) is 0 Å². The molecule has 0 aromatic rings. The van der Waals surface area contributed by atoms with Crippen LogP contribution in [-0.4, -0.2) is 17.9 Å². The van der Waals surface area contributed by atoms with E-state index in [4.69, 9.17) is 4.74 Å². The SMILES string of the molecule is CC(=O)O[C@H]1CC[C@@]2(C)C(=CCC3C2CC[C@@]2(C)C3CC[C@@H]2C(C)=O)C1. The van der Waals surface area contributed by atoms with E-state index in [1.165, 1.54) is 26.2 Å². The van der Waals surface area contributed by atoms with Gasteiger partial charge in [0.2, 0.25) is 0 Å². The minimum atomic E-state index is -0.150. The second-order valence-corrected chi connectivity index (χ2v) is 10.0. The molecule has 0 saturated heterocycles. The van der Waals surface area contributed by atoms with Crippen LogP contribution in [0.3, 0.4) is 0 Å². The summed E-state index contributed by atoms with van der Waals surface area (Å²) < 4.78 is 5.53. The Labute approximate surface area is 157 Å². The molecule has 7 atom stereocenters. The molecule has 3 nitrogen and oxygen atoms in total. The number of fused-ring (bicyclic) bond motifs is 5. The van der Waals surface area contributed by atoms with Crippen LogP contribution in [0.15, 0.2) is 11.6 Å². The lowest BCUT2D eigenvalue weighted by Crippen LogP contribution is -2.51. The number of rotatable bonds is 2. The Morgan fingerprint density at radius 3 is 2.50 bits per heavy atom. The minimum absolute atomic E-state index is 0.0748. The van der Waals surface area contributed by atoms with Crippen molar-refractivity contribution in [2.24, 2.45) is 34.5 Å². The van der Waals surface area contributed by atoms with E-state index in [1.807, 2.05) is 0 Å². The summed E-state index contributed by atoms with van der Waals surface area (Å²) in [5, 5.41) is 0. The monoisotopic (exact) mass is 358 g/mol. The van der Waals surface area contributed by atoms with E-state index in [0.717, 1.165) is 43.9 Å². The molecule has 0 aromatic carbocycles. The molecule has 3 unspecified atom stereocenters. The predicted molar refractivity (Wildman–Crippen MR) is 101 cm³/mol. The summed E-state index contributed by atoms with van der Waals surface area (Å²) in [5.41, 5.74) is 2.04. The highest BCUT2D eigenvalue weighted by atomic mass is 16.5. The Morgan fingerprint density at radius 2 is 1.81 bits per heavy atom. The van der Waals surface area contributed by atoms with Gasteiger partial charge in [0.25, 0.3) is 0 Å². The van der Waals surface area contributed by atoms with Gasteiger partial charge in [-0.1, -0.05) is 25.5 Å². The number of hydrogen-bond acceptors (Lipinski definition) is 3. The van der Waals surface area contributed by atoms with Gasteiger partial charge in [-0.3, -0.25) is 9.59 Å². The Morgan fingerprint density at radius 1 is 1.04 bits per heavy atom. The molecule has 26 heavy (non-hydrogen) atoms. The Hall–Kier alpha value is -1.12. The fourth-order valence-corrected chi connectivity index (χ4v) is 7.63. The highest BCUT2D eigenvalue weighted by Gasteiger charge is 2.59. The van der Waals surface area contributed by atoms with Crippen LogP contribution in [0, 0.1) is 34.5 Å². The lowest BCUT2D eigenvalue weighted by atomic mass is 9.47. The van der Waals surface area contributed by atoms with E-state index < -0.39 is 0 Å². The first kappa shape index (κ1) is 18.3. The number of ketones is 1. The zero-order valence-electron chi connectivity index (χ0n) is 16.8. The molecule has 0 amide bonds. The third kappa shape index (κ3) is 2.60. The molecule has 4 aliphatic carbocycles. The van der Waals surface area contributed by atoms with Crippen LogP contribution < -0.4 is 0 Å². The molecule has 4 rings (SSSR count). The van der Waals surface area contributed by atoms with Gasteiger partial charge < -0.3 is 4.74 Å². The van der Waals surface area contributed by atoms with Crippen molar-refractivity contribution in [3.05, 3.63) is 11.6 Å². The highest BCUT2D eigenvalue weighted by molar-refractivity contribution is 5.79. The maximum absolute atomic E-state index is 12.2. The van der Waals surface area contributed by atoms with Crippen LogP contribution in [0.5, 0.6) is 0 Å². The lowest BCUT2D eigenvalue weighted by Gasteiger charge is -2.58. The maximum atomic E-state index is 12.2. The summed E-state index contributed by atoms with van der Waals surface area (Å²) in [6, 6.07) is 0. The van der Waals surface area contributed by atoms with Gasteiger partial charge in [0.1, 0.15) is 11.9 Å². The van der Waals surface area contributed by atoms with Crippen molar-refractivity contribution in [3.63, 3.8) is 0 Å². The van der Waals surface area contributed by atoms with Crippen LogP contribution >= 0.6 is 0 Å². The second-order valence-electron chi connectivity index (χ2n) is 10.0. The van der Waals surface area contributed by atoms with Crippen LogP contribution in [0.2, 0.25) is 0 Å². The van der Waals surface area contributed by atoms with Gasteiger partial charge in [0, 0.05) is 19.3 Å². The fourth-order valence-electron chi connectivity index (χ4n) is 7.63. The standard InChI is InChI=1S/C23H34O3/c1-14(24)19-7-8-20-18-6-5-16-13-17(26-15(2)25)9-11-22(16,3)21(18)10-12-23(19,20)4/h5,17-21H,6-13H2,1-4H3/t17-,18?,19+,20?,21?,22-,23+/m0/s1. The number of hydrogen-bond donors (Lipinski definition) is 0. The largest absolute Gasteiger partial charge is 0.462 e. The molecule has 0 bridgehead atoms. The van der Waals surface area contributed by atoms with Crippen molar-refractivity contribution in [2.45, 2.75) is 85.2 Å². The number of carbonyl (C=O) groups excluding carboxylic acids is 2. The summed E-state index contributed by atoms with van der Waals surface area (Å²) in [6.45, 7) is 8.21. The van der Waals surface area contributed by atoms with Gasteiger partial charge >= 0.3 is 5.97 Å². The number of allylic oxidation sites excluding steroid dienone is 1. The van der Waals surface area contributed by atoms with Crippen molar-refractivity contribution in [1.29, 1.82) is 0 Å². The topological polar surface area (TPSA) is 43.4 Å². The molecule has 3 fully saturated rings. The first-order valence-electron chi connectivity index (χ1n) is 10.6. The zero-order chi connectivity index (χ0) is 18.7. The van der Waals surface area contributed by atoms with E-state index in [0.29, 0.717) is 11.7 Å². The molecule has 0 aliphatic heterocycles.